The Morgan fingerprint density at radius 2 is 2.22 bits per heavy atom. The summed E-state index contributed by atoms with van der Waals surface area (Å²) in [7, 11) is 2.95. The molecule has 0 radical (unpaired) electrons. The third-order valence-corrected chi connectivity index (χ3v) is 2.48. The Labute approximate surface area is 112 Å². The molecule has 0 saturated heterocycles. The van der Waals surface area contributed by atoms with Crippen molar-refractivity contribution in [3.05, 3.63) is 23.8 Å². The number of anilines is 1. The maximum absolute atomic E-state index is 11.6. The van der Waals surface area contributed by atoms with Crippen LogP contribution in [0.2, 0.25) is 0 Å². The molecule has 5 nitrogen and oxygen atoms in total. The van der Waals surface area contributed by atoms with Crippen LogP contribution in [0, 0.1) is 6.92 Å². The van der Waals surface area contributed by atoms with Crippen LogP contribution in [0.5, 0.6) is 5.75 Å². The van der Waals surface area contributed by atoms with Crippen molar-refractivity contribution in [2.24, 2.45) is 0 Å². The molecule has 0 bridgehead atoms. The molecule has 6 heteroatoms. The van der Waals surface area contributed by atoms with Crippen LogP contribution in [0.25, 0.3) is 0 Å². The van der Waals surface area contributed by atoms with E-state index in [2.05, 4.69) is 5.32 Å². The zero-order chi connectivity index (χ0) is 13.5. The van der Waals surface area contributed by atoms with Gasteiger partial charge in [0, 0.05) is 12.7 Å². The molecule has 0 spiro atoms. The number of nitrogens with zero attached hydrogens (tertiary/aromatic N) is 1. The Hall–Kier alpha value is -1.46. The average molecular weight is 273 g/mol. The Morgan fingerprint density at radius 1 is 1.50 bits per heavy atom. The number of urea groups is 1. The number of ether oxygens (including phenoxy) is 1. The number of hydrogen-bond donors (Lipinski definition) is 1. The fraction of sp³-hybridized carbons (Fsp3) is 0.417. The molecule has 0 atom stereocenters. The Morgan fingerprint density at radius 3 is 2.78 bits per heavy atom. The van der Waals surface area contributed by atoms with Gasteiger partial charge in [-0.3, -0.25) is 4.84 Å². The van der Waals surface area contributed by atoms with Crippen molar-refractivity contribution in [1.29, 1.82) is 0 Å². The van der Waals surface area contributed by atoms with Crippen LogP contribution in [0.15, 0.2) is 18.2 Å². The summed E-state index contributed by atoms with van der Waals surface area (Å²) in [6.07, 6.45) is 0. The quantitative estimate of drug-likeness (QED) is 0.662. The van der Waals surface area contributed by atoms with Crippen LogP contribution < -0.4 is 10.1 Å². The third-order valence-electron chi connectivity index (χ3n) is 2.32. The fourth-order valence-corrected chi connectivity index (χ4v) is 1.40. The number of rotatable bonds is 5. The normalized spacial score (nSPS) is 10.0. The minimum absolute atomic E-state index is 0.341. The first-order valence-corrected chi connectivity index (χ1v) is 6.00. The number of nitrogens with one attached hydrogen (secondary N) is 1. The minimum atomic E-state index is -0.341. The summed E-state index contributed by atoms with van der Waals surface area (Å²) < 4.78 is 5.43. The first kappa shape index (κ1) is 14.6. The second-order valence-electron chi connectivity index (χ2n) is 3.63. The van der Waals surface area contributed by atoms with Gasteiger partial charge in [-0.05, 0) is 30.7 Å². The van der Waals surface area contributed by atoms with Gasteiger partial charge in [0.05, 0.1) is 13.0 Å². The van der Waals surface area contributed by atoms with Gasteiger partial charge in [0.15, 0.2) is 0 Å². The number of alkyl halides is 1. The molecule has 0 fully saturated rings. The number of hydrogen-bond acceptors (Lipinski definition) is 3. The topological polar surface area (TPSA) is 50.8 Å². The molecule has 2 amide bonds. The maximum atomic E-state index is 11.6. The van der Waals surface area contributed by atoms with E-state index in [1.807, 2.05) is 13.0 Å². The van der Waals surface area contributed by atoms with E-state index in [9.17, 15) is 4.79 Å². The van der Waals surface area contributed by atoms with Crippen molar-refractivity contribution in [3.8, 4) is 5.75 Å². The van der Waals surface area contributed by atoms with Gasteiger partial charge < -0.3 is 10.1 Å². The minimum Gasteiger partial charge on any atom is -0.492 e. The molecule has 1 aromatic rings. The Kier molecular flexibility index (Phi) is 5.74. The molecule has 0 aliphatic rings. The van der Waals surface area contributed by atoms with Gasteiger partial charge in [-0.2, -0.15) is 0 Å². The largest absolute Gasteiger partial charge is 0.492 e. The van der Waals surface area contributed by atoms with Gasteiger partial charge in [0.25, 0.3) is 0 Å². The highest BCUT2D eigenvalue weighted by Crippen LogP contribution is 2.22. The van der Waals surface area contributed by atoms with Crippen molar-refractivity contribution in [2.75, 3.05) is 32.0 Å². The van der Waals surface area contributed by atoms with E-state index in [4.69, 9.17) is 21.2 Å². The predicted octanol–water partition coefficient (Wildman–Crippen LogP) is 2.64. The molecule has 0 aliphatic carbocycles. The molecule has 1 rings (SSSR count). The van der Waals surface area contributed by atoms with Gasteiger partial charge >= 0.3 is 6.03 Å². The van der Waals surface area contributed by atoms with Crippen molar-refractivity contribution < 1.29 is 14.4 Å². The number of carbonyl (C=O) groups excluding carboxylic acids is 1. The highest BCUT2D eigenvalue weighted by Gasteiger charge is 2.08. The zero-order valence-electron chi connectivity index (χ0n) is 10.7. The number of halogens is 1. The van der Waals surface area contributed by atoms with Crippen molar-refractivity contribution in [3.63, 3.8) is 0 Å². The highest BCUT2D eigenvalue weighted by atomic mass is 35.5. The van der Waals surface area contributed by atoms with E-state index in [0.29, 0.717) is 18.2 Å². The van der Waals surface area contributed by atoms with E-state index in [1.54, 1.807) is 12.1 Å². The molecule has 0 unspecified atom stereocenters. The van der Waals surface area contributed by atoms with Crippen LogP contribution >= 0.6 is 11.6 Å². The predicted molar refractivity (Wildman–Crippen MR) is 71.2 cm³/mol. The average Bonchev–Trinajstić information content (AvgIpc) is 2.36. The Balaban J connectivity index is 2.69. The molecule has 18 heavy (non-hydrogen) atoms. The summed E-state index contributed by atoms with van der Waals surface area (Å²) in [4.78, 5) is 16.3. The number of carbonyl (C=O) groups is 1. The van der Waals surface area contributed by atoms with Gasteiger partial charge in [-0.1, -0.05) is 0 Å². The summed E-state index contributed by atoms with van der Waals surface area (Å²) in [5.74, 6) is 1.20. The lowest BCUT2D eigenvalue weighted by Gasteiger charge is -2.15. The molecule has 0 aromatic heterocycles. The standard InChI is InChI=1S/C12H17ClN2O3/c1-9-8-10(14-12(16)15(2)17-3)4-5-11(9)18-7-6-13/h4-5,8H,6-7H2,1-3H3,(H,14,16). The van der Waals surface area contributed by atoms with Crippen LogP contribution in [0.1, 0.15) is 5.56 Å². The van der Waals surface area contributed by atoms with E-state index in [1.165, 1.54) is 14.2 Å². The molecule has 1 aromatic carbocycles. The summed E-state index contributed by atoms with van der Waals surface area (Å²) in [6, 6.07) is 5.04. The summed E-state index contributed by atoms with van der Waals surface area (Å²) in [6.45, 7) is 2.36. The summed E-state index contributed by atoms with van der Waals surface area (Å²) in [5, 5.41) is 3.80. The molecule has 100 valence electrons. The van der Waals surface area contributed by atoms with E-state index in [0.717, 1.165) is 16.4 Å². The Bertz CT molecular complexity index is 412. The second kappa shape index (κ2) is 7.08. The van der Waals surface area contributed by atoms with Gasteiger partial charge in [0.2, 0.25) is 0 Å². The van der Waals surface area contributed by atoms with E-state index < -0.39 is 0 Å². The molecule has 0 heterocycles. The van der Waals surface area contributed by atoms with Crippen LogP contribution in [0.3, 0.4) is 0 Å². The van der Waals surface area contributed by atoms with Gasteiger partial charge in [0.1, 0.15) is 12.4 Å². The highest BCUT2D eigenvalue weighted by molar-refractivity contribution is 6.18. The van der Waals surface area contributed by atoms with Crippen LogP contribution in [-0.2, 0) is 4.84 Å². The molecular formula is C12H17ClN2O3. The van der Waals surface area contributed by atoms with Gasteiger partial charge in [-0.25, -0.2) is 9.86 Å². The monoisotopic (exact) mass is 272 g/mol. The number of aryl methyl sites for hydroxylation is 1. The number of amides is 2. The van der Waals surface area contributed by atoms with Crippen LogP contribution in [-0.4, -0.2) is 37.7 Å². The molecular weight excluding hydrogens is 256 g/mol. The number of hydroxylamine groups is 2. The SMILES string of the molecule is CON(C)C(=O)Nc1ccc(OCCCl)c(C)c1. The van der Waals surface area contributed by atoms with E-state index >= 15 is 0 Å². The zero-order valence-corrected chi connectivity index (χ0v) is 11.5. The maximum Gasteiger partial charge on any atom is 0.345 e. The van der Waals surface area contributed by atoms with Crippen molar-refractivity contribution in [2.45, 2.75) is 6.92 Å². The van der Waals surface area contributed by atoms with Gasteiger partial charge in [-0.15, -0.1) is 11.6 Å². The molecule has 1 N–H and O–H groups in total. The second-order valence-corrected chi connectivity index (χ2v) is 4.01. The smallest absolute Gasteiger partial charge is 0.345 e. The van der Waals surface area contributed by atoms with Crippen molar-refractivity contribution in [1.82, 2.24) is 5.06 Å². The summed E-state index contributed by atoms with van der Waals surface area (Å²) in [5.41, 5.74) is 1.61. The van der Waals surface area contributed by atoms with E-state index in [-0.39, 0.29) is 6.03 Å². The lowest BCUT2D eigenvalue weighted by Crippen LogP contribution is -2.30. The lowest BCUT2D eigenvalue weighted by molar-refractivity contribution is -0.0598. The summed E-state index contributed by atoms with van der Waals surface area (Å²) >= 11 is 5.55. The van der Waals surface area contributed by atoms with Crippen LogP contribution in [0.4, 0.5) is 10.5 Å². The first-order chi connectivity index (χ1) is 8.58. The first-order valence-electron chi connectivity index (χ1n) is 5.46. The lowest BCUT2D eigenvalue weighted by atomic mass is 10.2. The third kappa shape index (κ3) is 4.09. The van der Waals surface area contributed by atoms with Crippen molar-refractivity contribution >= 4 is 23.3 Å². The fourth-order valence-electron chi connectivity index (χ4n) is 1.32. The number of benzene rings is 1. The molecule has 0 saturated carbocycles. The molecule has 0 aliphatic heterocycles.